The van der Waals surface area contributed by atoms with Crippen LogP contribution in [0.4, 0.5) is 11.4 Å². The summed E-state index contributed by atoms with van der Waals surface area (Å²) >= 11 is 0. The zero-order valence-corrected chi connectivity index (χ0v) is 14.0. The Morgan fingerprint density at radius 3 is 2.30 bits per heavy atom. The second-order valence-corrected chi connectivity index (χ2v) is 5.97. The molecule has 0 atom stereocenters. The summed E-state index contributed by atoms with van der Waals surface area (Å²) in [5.41, 5.74) is 1.97. The molecule has 0 unspecified atom stereocenters. The molecule has 7 nitrogen and oxygen atoms in total. The first kappa shape index (κ1) is 17.4. The van der Waals surface area contributed by atoms with E-state index in [4.69, 9.17) is 0 Å². The van der Waals surface area contributed by atoms with E-state index < -0.39 is 4.92 Å². The minimum Gasteiger partial charge on any atom is -0.319 e. The Labute approximate surface area is 136 Å². The number of hydrogen-bond acceptors (Lipinski definition) is 5. The third kappa shape index (κ3) is 4.49. The summed E-state index contributed by atoms with van der Waals surface area (Å²) < 4.78 is 0. The molecule has 1 amide bonds. The van der Waals surface area contributed by atoms with Crippen molar-refractivity contribution in [1.29, 1.82) is 0 Å². The van der Waals surface area contributed by atoms with Gasteiger partial charge in [0.2, 0.25) is 5.91 Å². The Balaban J connectivity index is 2.00. The van der Waals surface area contributed by atoms with Gasteiger partial charge in [0.25, 0.3) is 5.69 Å². The van der Waals surface area contributed by atoms with E-state index >= 15 is 0 Å². The van der Waals surface area contributed by atoms with Crippen LogP contribution < -0.4 is 5.32 Å². The molecule has 1 heterocycles. The molecule has 0 aliphatic carbocycles. The van der Waals surface area contributed by atoms with Crippen molar-refractivity contribution in [3.05, 3.63) is 33.4 Å². The highest BCUT2D eigenvalue weighted by molar-refractivity contribution is 5.94. The van der Waals surface area contributed by atoms with Gasteiger partial charge in [-0.05, 0) is 37.6 Å². The van der Waals surface area contributed by atoms with E-state index in [0.717, 1.165) is 43.9 Å². The highest BCUT2D eigenvalue weighted by Crippen LogP contribution is 2.27. The van der Waals surface area contributed by atoms with Crippen molar-refractivity contribution in [1.82, 2.24) is 9.80 Å². The molecule has 0 bridgehead atoms. The van der Waals surface area contributed by atoms with E-state index in [1.54, 1.807) is 6.07 Å². The van der Waals surface area contributed by atoms with Crippen molar-refractivity contribution in [2.75, 3.05) is 44.6 Å². The Kier molecular flexibility index (Phi) is 5.68. The fourth-order valence-electron chi connectivity index (χ4n) is 2.71. The molecule has 0 spiro atoms. The molecule has 1 aliphatic rings. The van der Waals surface area contributed by atoms with Crippen molar-refractivity contribution in [3.8, 4) is 0 Å². The standard InChI is InChI=1S/C16H24N4O3/c1-4-18-5-7-19(8-6-18)11-16(21)17-14-9-12(2)13(3)10-15(14)20(22)23/h9-10H,4-8,11H2,1-3H3,(H,17,21). The first-order valence-electron chi connectivity index (χ1n) is 7.91. The zero-order chi connectivity index (χ0) is 17.0. The van der Waals surface area contributed by atoms with Crippen LogP contribution in [0.5, 0.6) is 0 Å². The summed E-state index contributed by atoms with van der Waals surface area (Å²) in [4.78, 5) is 27.3. The van der Waals surface area contributed by atoms with Gasteiger partial charge in [0.15, 0.2) is 0 Å². The van der Waals surface area contributed by atoms with Gasteiger partial charge in [-0.15, -0.1) is 0 Å². The number of likely N-dealkylation sites (N-methyl/N-ethyl adjacent to an activating group) is 1. The van der Waals surface area contributed by atoms with Crippen LogP contribution in [0.25, 0.3) is 0 Å². The third-order valence-electron chi connectivity index (χ3n) is 4.36. The van der Waals surface area contributed by atoms with Gasteiger partial charge in [-0.2, -0.15) is 0 Å². The highest BCUT2D eigenvalue weighted by atomic mass is 16.6. The van der Waals surface area contributed by atoms with Gasteiger partial charge in [-0.1, -0.05) is 6.92 Å². The van der Waals surface area contributed by atoms with Gasteiger partial charge in [0, 0.05) is 32.2 Å². The van der Waals surface area contributed by atoms with Crippen molar-refractivity contribution in [2.45, 2.75) is 20.8 Å². The summed E-state index contributed by atoms with van der Waals surface area (Å²) in [5, 5.41) is 13.9. The van der Waals surface area contributed by atoms with E-state index in [9.17, 15) is 14.9 Å². The number of carbonyl (C=O) groups is 1. The van der Waals surface area contributed by atoms with Gasteiger partial charge in [-0.25, -0.2) is 0 Å². The van der Waals surface area contributed by atoms with Crippen LogP contribution >= 0.6 is 0 Å². The lowest BCUT2D eigenvalue weighted by Crippen LogP contribution is -2.48. The largest absolute Gasteiger partial charge is 0.319 e. The predicted molar refractivity (Wildman–Crippen MR) is 89.8 cm³/mol. The summed E-state index contributed by atoms with van der Waals surface area (Å²) in [6.45, 7) is 10.7. The fraction of sp³-hybridized carbons (Fsp3) is 0.562. The maximum absolute atomic E-state index is 12.2. The van der Waals surface area contributed by atoms with Crippen LogP contribution in [0, 0.1) is 24.0 Å². The molecule has 0 saturated carbocycles. The third-order valence-corrected chi connectivity index (χ3v) is 4.36. The molecule has 1 N–H and O–H groups in total. The number of amides is 1. The van der Waals surface area contributed by atoms with E-state index in [0.29, 0.717) is 0 Å². The number of nitrogens with one attached hydrogen (secondary N) is 1. The van der Waals surface area contributed by atoms with Crippen LogP contribution in [-0.4, -0.2) is 59.9 Å². The van der Waals surface area contributed by atoms with Crippen LogP contribution in [0.2, 0.25) is 0 Å². The normalized spacial score (nSPS) is 16.3. The Morgan fingerprint density at radius 1 is 1.17 bits per heavy atom. The van der Waals surface area contributed by atoms with E-state index in [-0.39, 0.29) is 23.8 Å². The molecular weight excluding hydrogens is 296 g/mol. The second kappa shape index (κ2) is 7.52. The topological polar surface area (TPSA) is 78.7 Å². The van der Waals surface area contributed by atoms with Crippen LogP contribution in [0.3, 0.4) is 0 Å². The molecule has 1 aromatic carbocycles. The van der Waals surface area contributed by atoms with Crippen LogP contribution in [-0.2, 0) is 4.79 Å². The Bertz CT molecular complexity index is 595. The smallest absolute Gasteiger partial charge is 0.293 e. The maximum Gasteiger partial charge on any atom is 0.293 e. The van der Waals surface area contributed by atoms with Gasteiger partial charge < -0.3 is 10.2 Å². The summed E-state index contributed by atoms with van der Waals surface area (Å²) in [6, 6.07) is 3.17. The average Bonchev–Trinajstić information content (AvgIpc) is 2.51. The number of anilines is 1. The number of aryl methyl sites for hydroxylation is 2. The van der Waals surface area contributed by atoms with Gasteiger partial charge >= 0.3 is 0 Å². The first-order chi connectivity index (χ1) is 10.9. The van der Waals surface area contributed by atoms with Gasteiger partial charge in [-0.3, -0.25) is 19.8 Å². The average molecular weight is 320 g/mol. The summed E-state index contributed by atoms with van der Waals surface area (Å²) in [5.74, 6) is -0.207. The number of hydrogen-bond donors (Lipinski definition) is 1. The second-order valence-electron chi connectivity index (χ2n) is 5.97. The number of benzene rings is 1. The lowest BCUT2D eigenvalue weighted by molar-refractivity contribution is -0.384. The number of nitro groups is 1. The molecule has 1 fully saturated rings. The lowest BCUT2D eigenvalue weighted by Gasteiger charge is -2.33. The number of piperazine rings is 1. The molecule has 1 aliphatic heterocycles. The van der Waals surface area contributed by atoms with Crippen molar-refractivity contribution in [2.24, 2.45) is 0 Å². The predicted octanol–water partition coefficient (Wildman–Crippen LogP) is 1.79. The Morgan fingerprint density at radius 2 is 1.74 bits per heavy atom. The molecule has 126 valence electrons. The number of rotatable bonds is 5. The molecule has 0 radical (unpaired) electrons. The van der Waals surface area contributed by atoms with E-state index in [1.807, 2.05) is 13.8 Å². The van der Waals surface area contributed by atoms with E-state index in [2.05, 4.69) is 22.0 Å². The zero-order valence-electron chi connectivity index (χ0n) is 14.0. The van der Waals surface area contributed by atoms with Crippen LogP contribution in [0.1, 0.15) is 18.1 Å². The maximum atomic E-state index is 12.2. The summed E-state index contributed by atoms with van der Waals surface area (Å²) in [6.07, 6.45) is 0. The Hall–Kier alpha value is -1.99. The minimum atomic E-state index is -0.456. The molecule has 0 aromatic heterocycles. The molecular formula is C16H24N4O3. The monoisotopic (exact) mass is 320 g/mol. The van der Waals surface area contributed by atoms with Crippen molar-refractivity contribution >= 4 is 17.3 Å². The van der Waals surface area contributed by atoms with Crippen LogP contribution in [0.15, 0.2) is 12.1 Å². The fourth-order valence-corrected chi connectivity index (χ4v) is 2.71. The molecule has 7 heteroatoms. The summed E-state index contributed by atoms with van der Waals surface area (Å²) in [7, 11) is 0. The number of carbonyl (C=O) groups excluding carboxylic acids is 1. The molecule has 2 rings (SSSR count). The SMILES string of the molecule is CCN1CCN(CC(=O)Nc2cc(C)c(C)cc2[N+](=O)[O-])CC1. The quantitative estimate of drug-likeness (QED) is 0.661. The van der Waals surface area contributed by atoms with Gasteiger partial charge in [0.1, 0.15) is 5.69 Å². The molecule has 1 saturated heterocycles. The first-order valence-corrected chi connectivity index (χ1v) is 7.91. The number of nitro benzene ring substituents is 1. The van der Waals surface area contributed by atoms with Crippen molar-refractivity contribution < 1.29 is 9.72 Å². The van der Waals surface area contributed by atoms with Gasteiger partial charge in [0.05, 0.1) is 11.5 Å². The minimum absolute atomic E-state index is 0.0581. The van der Waals surface area contributed by atoms with Crippen molar-refractivity contribution in [3.63, 3.8) is 0 Å². The lowest BCUT2D eigenvalue weighted by atomic mass is 10.1. The highest BCUT2D eigenvalue weighted by Gasteiger charge is 2.21. The number of nitrogens with zero attached hydrogens (tertiary/aromatic N) is 3. The molecule has 1 aromatic rings. The van der Waals surface area contributed by atoms with E-state index in [1.165, 1.54) is 6.07 Å². The molecule has 23 heavy (non-hydrogen) atoms.